The molecular formula is C29H33F4N7O4. The highest BCUT2D eigenvalue weighted by Gasteiger charge is 2.46. The summed E-state index contributed by atoms with van der Waals surface area (Å²) in [5.74, 6) is -2.11. The molecule has 2 aliphatic rings. The maximum atomic E-state index is 13.5. The predicted octanol–water partition coefficient (Wildman–Crippen LogP) is 4.37. The first-order valence-corrected chi connectivity index (χ1v) is 14.4. The molecule has 3 aromatic rings. The summed E-state index contributed by atoms with van der Waals surface area (Å²) in [7, 11) is 1.63. The van der Waals surface area contributed by atoms with Crippen molar-refractivity contribution in [2.45, 2.75) is 50.4 Å². The molecule has 2 fully saturated rings. The third-order valence-corrected chi connectivity index (χ3v) is 7.79. The summed E-state index contributed by atoms with van der Waals surface area (Å²) in [6.07, 6.45) is -2.68. The quantitative estimate of drug-likeness (QED) is 0.306. The first-order chi connectivity index (χ1) is 21.1. The molecule has 2 aliphatic heterocycles. The van der Waals surface area contributed by atoms with Gasteiger partial charge in [0, 0.05) is 38.0 Å². The van der Waals surface area contributed by atoms with Crippen molar-refractivity contribution in [2.75, 3.05) is 31.6 Å². The van der Waals surface area contributed by atoms with Gasteiger partial charge in [-0.25, -0.2) is 18.7 Å². The van der Waals surface area contributed by atoms with Crippen molar-refractivity contribution in [1.82, 2.24) is 30.2 Å². The van der Waals surface area contributed by atoms with Crippen molar-refractivity contribution < 1.29 is 36.7 Å². The zero-order valence-corrected chi connectivity index (χ0v) is 24.0. The summed E-state index contributed by atoms with van der Waals surface area (Å²) >= 11 is 0. The highest BCUT2D eigenvalue weighted by molar-refractivity contribution is 5.90. The number of carbonyl (C=O) groups is 2. The van der Waals surface area contributed by atoms with Gasteiger partial charge in [0.1, 0.15) is 5.82 Å². The van der Waals surface area contributed by atoms with E-state index < -0.39 is 30.3 Å². The summed E-state index contributed by atoms with van der Waals surface area (Å²) in [4.78, 5) is 32.4. The van der Waals surface area contributed by atoms with E-state index in [2.05, 4.69) is 25.7 Å². The number of hydrogen-bond acceptors (Lipinski definition) is 8. The standard InChI is InChI=1S/C29H33F4N7O4/c1-38-26(35-36-37-38)21-6-2-7-23(16-21)34-28(42)40(44-27(41)29(31,32)33)24-8-4-14-43-25(24)18-39-13-3-5-20(17-39)15-19-9-11-22(30)12-10-19/h2,6-7,9-12,16,20,24-25H,3-5,8,13-15,17-18H2,1H3,(H,34,42)/t20-,24+,25-/m0/s1. The lowest BCUT2D eigenvalue weighted by molar-refractivity contribution is -0.241. The van der Waals surface area contributed by atoms with Crippen LogP contribution in [0.2, 0.25) is 0 Å². The van der Waals surface area contributed by atoms with E-state index in [1.54, 1.807) is 43.4 Å². The minimum atomic E-state index is -5.32. The van der Waals surface area contributed by atoms with E-state index in [9.17, 15) is 27.2 Å². The average Bonchev–Trinajstić information content (AvgIpc) is 3.43. The van der Waals surface area contributed by atoms with Crippen LogP contribution in [0, 0.1) is 11.7 Å². The molecule has 11 nitrogen and oxygen atoms in total. The van der Waals surface area contributed by atoms with Crippen LogP contribution in [0.3, 0.4) is 0 Å². The van der Waals surface area contributed by atoms with Gasteiger partial charge in [0.15, 0.2) is 5.82 Å². The maximum absolute atomic E-state index is 13.5. The molecule has 0 spiro atoms. The van der Waals surface area contributed by atoms with Gasteiger partial charge in [-0.2, -0.15) is 13.2 Å². The number of amides is 2. The Bertz CT molecular complexity index is 1440. The number of aryl methyl sites for hydroxylation is 1. The number of anilines is 1. The summed E-state index contributed by atoms with van der Waals surface area (Å²) in [6.45, 7) is 2.12. The summed E-state index contributed by atoms with van der Waals surface area (Å²) < 4.78 is 60.7. The van der Waals surface area contributed by atoms with Crippen LogP contribution in [0.1, 0.15) is 31.2 Å². The van der Waals surface area contributed by atoms with Crippen LogP contribution in [0.4, 0.5) is 28.0 Å². The van der Waals surface area contributed by atoms with Crippen LogP contribution in [0.5, 0.6) is 0 Å². The van der Waals surface area contributed by atoms with Crippen LogP contribution in [0.25, 0.3) is 11.4 Å². The van der Waals surface area contributed by atoms with E-state index in [4.69, 9.17) is 9.57 Å². The number of piperidine rings is 1. The Labute approximate surface area is 251 Å². The number of ether oxygens (including phenoxy) is 1. The summed E-state index contributed by atoms with van der Waals surface area (Å²) in [6, 6.07) is 10.8. The number of nitrogens with one attached hydrogen (secondary N) is 1. The smallest absolute Gasteiger partial charge is 0.375 e. The molecule has 1 N–H and O–H groups in total. The number of rotatable bonds is 7. The Kier molecular flexibility index (Phi) is 9.74. The highest BCUT2D eigenvalue weighted by atomic mass is 19.4. The molecule has 3 atom stereocenters. The van der Waals surface area contributed by atoms with Gasteiger partial charge in [-0.1, -0.05) is 24.3 Å². The van der Waals surface area contributed by atoms with Crippen LogP contribution < -0.4 is 5.32 Å². The molecule has 0 unspecified atom stereocenters. The van der Waals surface area contributed by atoms with Crippen LogP contribution in [-0.2, 0) is 27.8 Å². The fourth-order valence-electron chi connectivity index (χ4n) is 5.75. The number of halogens is 4. The summed E-state index contributed by atoms with van der Waals surface area (Å²) in [5, 5.41) is 14.3. The maximum Gasteiger partial charge on any atom is 0.493 e. The zero-order chi connectivity index (χ0) is 31.3. The van der Waals surface area contributed by atoms with Crippen LogP contribution in [0.15, 0.2) is 48.5 Å². The number of nitrogens with zero attached hydrogens (tertiary/aromatic N) is 6. The lowest BCUT2D eigenvalue weighted by atomic mass is 9.90. The minimum Gasteiger partial charge on any atom is -0.375 e. The third-order valence-electron chi connectivity index (χ3n) is 7.79. The largest absolute Gasteiger partial charge is 0.493 e. The molecule has 0 bridgehead atoms. The number of hydrogen-bond donors (Lipinski definition) is 1. The second-order valence-corrected chi connectivity index (χ2v) is 11.1. The van der Waals surface area contributed by atoms with Gasteiger partial charge in [-0.3, -0.25) is 0 Å². The molecule has 5 rings (SSSR count). The Hall–Kier alpha value is -4.11. The van der Waals surface area contributed by atoms with Gasteiger partial charge in [0.05, 0.1) is 12.1 Å². The highest BCUT2D eigenvalue weighted by Crippen LogP contribution is 2.28. The monoisotopic (exact) mass is 619 g/mol. The number of carbonyl (C=O) groups excluding carboxylic acids is 2. The molecule has 0 saturated carbocycles. The molecule has 15 heteroatoms. The molecule has 236 valence electrons. The van der Waals surface area contributed by atoms with Gasteiger partial charge < -0.3 is 19.8 Å². The molecule has 2 saturated heterocycles. The molecular weight excluding hydrogens is 586 g/mol. The van der Waals surface area contributed by atoms with Crippen molar-refractivity contribution in [3.8, 4) is 11.4 Å². The van der Waals surface area contributed by atoms with E-state index in [-0.39, 0.29) is 23.8 Å². The van der Waals surface area contributed by atoms with Crippen molar-refractivity contribution in [1.29, 1.82) is 0 Å². The number of aromatic nitrogens is 4. The van der Waals surface area contributed by atoms with Crippen LogP contribution >= 0.6 is 0 Å². The topological polar surface area (TPSA) is 115 Å². The molecule has 3 heterocycles. The van der Waals surface area contributed by atoms with Crippen molar-refractivity contribution >= 4 is 17.7 Å². The summed E-state index contributed by atoms with van der Waals surface area (Å²) in [5.41, 5.74) is 1.80. The molecule has 2 aromatic carbocycles. The number of hydroxylamine groups is 2. The first-order valence-electron chi connectivity index (χ1n) is 14.4. The second kappa shape index (κ2) is 13.7. The number of urea groups is 1. The van der Waals surface area contributed by atoms with E-state index in [0.29, 0.717) is 42.6 Å². The van der Waals surface area contributed by atoms with E-state index in [1.807, 2.05) is 0 Å². The van der Waals surface area contributed by atoms with Gasteiger partial charge in [0.25, 0.3) is 0 Å². The van der Waals surface area contributed by atoms with Gasteiger partial charge in [0.2, 0.25) is 0 Å². The fourth-order valence-corrected chi connectivity index (χ4v) is 5.75. The Balaban J connectivity index is 1.31. The fraction of sp³-hybridized carbons (Fsp3) is 0.483. The zero-order valence-electron chi connectivity index (χ0n) is 24.0. The molecule has 44 heavy (non-hydrogen) atoms. The second-order valence-electron chi connectivity index (χ2n) is 11.1. The third kappa shape index (κ3) is 7.88. The van der Waals surface area contributed by atoms with Crippen molar-refractivity contribution in [3.63, 3.8) is 0 Å². The number of alkyl halides is 3. The van der Waals surface area contributed by atoms with Crippen LogP contribution in [-0.4, -0.2) is 86.7 Å². The predicted molar refractivity (Wildman–Crippen MR) is 149 cm³/mol. The van der Waals surface area contributed by atoms with Gasteiger partial charge in [-0.15, -0.1) is 10.2 Å². The lowest BCUT2D eigenvalue weighted by Gasteiger charge is -2.41. The Morgan fingerprint density at radius 1 is 1.14 bits per heavy atom. The average molecular weight is 620 g/mol. The molecule has 2 amide bonds. The Morgan fingerprint density at radius 2 is 1.93 bits per heavy atom. The number of benzene rings is 2. The number of likely N-dealkylation sites (tertiary alicyclic amines) is 1. The van der Waals surface area contributed by atoms with E-state index >= 15 is 0 Å². The van der Waals surface area contributed by atoms with E-state index in [0.717, 1.165) is 31.4 Å². The minimum absolute atomic E-state index is 0.233. The molecule has 0 radical (unpaired) electrons. The Morgan fingerprint density at radius 3 is 2.66 bits per heavy atom. The van der Waals surface area contributed by atoms with Crippen molar-refractivity contribution in [3.05, 3.63) is 59.9 Å². The molecule has 1 aromatic heterocycles. The normalized spacial score (nSPS) is 21.1. The lowest BCUT2D eigenvalue weighted by Crippen LogP contribution is -2.56. The molecule has 0 aliphatic carbocycles. The van der Waals surface area contributed by atoms with Gasteiger partial charge >= 0.3 is 18.2 Å². The van der Waals surface area contributed by atoms with E-state index in [1.165, 1.54) is 16.8 Å². The van der Waals surface area contributed by atoms with Crippen molar-refractivity contribution in [2.24, 2.45) is 13.0 Å². The SMILES string of the molecule is Cn1nnnc1-c1cccc(NC(=O)N(OC(=O)C(F)(F)F)[C@@H]2CCCO[C@H]2CN2CCC[C@@H](Cc3ccc(F)cc3)C2)c1. The van der Waals surface area contributed by atoms with Gasteiger partial charge in [-0.05, 0) is 84.8 Å². The number of tetrazole rings is 1. The first kappa shape index (κ1) is 31.3.